The zero-order valence-electron chi connectivity index (χ0n) is 10.7. The van der Waals surface area contributed by atoms with Gasteiger partial charge in [0.05, 0.1) is 0 Å². The monoisotopic (exact) mass is 291 g/mol. The number of rotatable bonds is 5. The molecule has 1 atom stereocenters. The third kappa shape index (κ3) is 2.73. The van der Waals surface area contributed by atoms with E-state index in [-0.39, 0.29) is 21.7 Å². The molecule has 1 rings (SSSR count). The fourth-order valence-electron chi connectivity index (χ4n) is 1.45. The highest BCUT2D eigenvalue weighted by molar-refractivity contribution is 7.89. The van der Waals surface area contributed by atoms with Crippen molar-refractivity contribution in [3.8, 4) is 0 Å². The first-order chi connectivity index (χ1) is 8.19. The minimum atomic E-state index is -3.75. The summed E-state index contributed by atoms with van der Waals surface area (Å²) in [5.41, 5.74) is 0. The lowest BCUT2D eigenvalue weighted by atomic mass is 10.1. The fourth-order valence-corrected chi connectivity index (χ4v) is 4.18. The second-order valence-electron chi connectivity index (χ2n) is 4.42. The average Bonchev–Trinajstić information content (AvgIpc) is 2.76. The molecule has 5 nitrogen and oxygen atoms in total. The molecule has 0 aliphatic heterocycles. The lowest BCUT2D eigenvalue weighted by molar-refractivity contribution is 0.0698. The second-order valence-corrected chi connectivity index (χ2v) is 7.31. The second kappa shape index (κ2) is 5.38. The normalized spacial score (nSPS) is 14.1. The van der Waals surface area contributed by atoms with Crippen LogP contribution >= 0.6 is 11.3 Å². The molecule has 0 fully saturated rings. The van der Waals surface area contributed by atoms with Crippen LogP contribution in [0.25, 0.3) is 0 Å². The van der Waals surface area contributed by atoms with Gasteiger partial charge in [0.2, 0.25) is 10.0 Å². The van der Waals surface area contributed by atoms with E-state index >= 15 is 0 Å². The maximum atomic E-state index is 12.3. The van der Waals surface area contributed by atoms with Gasteiger partial charge in [-0.3, -0.25) is 0 Å². The molecule has 0 radical (unpaired) electrons. The summed E-state index contributed by atoms with van der Waals surface area (Å²) in [6.45, 7) is 5.64. The molecule has 1 heterocycles. The van der Waals surface area contributed by atoms with Crippen LogP contribution in [0.1, 0.15) is 30.4 Å². The van der Waals surface area contributed by atoms with Crippen molar-refractivity contribution >= 4 is 27.3 Å². The van der Waals surface area contributed by atoms with E-state index in [9.17, 15) is 13.2 Å². The molecular formula is C11H17NO4S2. The summed E-state index contributed by atoms with van der Waals surface area (Å²) in [7, 11) is -2.28. The van der Waals surface area contributed by atoms with Gasteiger partial charge in [-0.25, -0.2) is 13.2 Å². The standard InChI is InChI=1S/C11H17NO4S2/c1-7(2)8(3)12(4)18(15,16)9-5-6-17-10(9)11(13)14/h5-8H,1-4H3,(H,13,14). The van der Waals surface area contributed by atoms with Gasteiger partial charge in [-0.1, -0.05) is 13.8 Å². The topological polar surface area (TPSA) is 74.7 Å². The van der Waals surface area contributed by atoms with E-state index in [0.29, 0.717) is 0 Å². The summed E-state index contributed by atoms with van der Waals surface area (Å²) < 4.78 is 25.9. The number of hydrogen-bond donors (Lipinski definition) is 1. The highest BCUT2D eigenvalue weighted by Gasteiger charge is 2.31. The Kier molecular flexibility index (Phi) is 4.52. The van der Waals surface area contributed by atoms with E-state index in [0.717, 1.165) is 11.3 Å². The van der Waals surface area contributed by atoms with Crippen molar-refractivity contribution in [2.45, 2.75) is 31.7 Å². The average molecular weight is 291 g/mol. The summed E-state index contributed by atoms with van der Waals surface area (Å²) in [5.74, 6) is -1.06. The third-order valence-corrected chi connectivity index (χ3v) is 6.04. The van der Waals surface area contributed by atoms with Gasteiger partial charge in [0.15, 0.2) is 0 Å². The first-order valence-electron chi connectivity index (χ1n) is 5.48. The maximum Gasteiger partial charge on any atom is 0.347 e. The van der Waals surface area contributed by atoms with Gasteiger partial charge >= 0.3 is 5.97 Å². The quantitative estimate of drug-likeness (QED) is 0.901. The summed E-state index contributed by atoms with van der Waals surface area (Å²) >= 11 is 0.917. The number of thiophene rings is 1. The highest BCUT2D eigenvalue weighted by atomic mass is 32.2. The summed E-state index contributed by atoms with van der Waals surface area (Å²) in [6.07, 6.45) is 0. The van der Waals surface area contributed by atoms with Gasteiger partial charge in [-0.15, -0.1) is 11.3 Å². The number of carbonyl (C=O) groups is 1. The fraction of sp³-hybridized carbons (Fsp3) is 0.545. The molecule has 1 unspecified atom stereocenters. The Bertz CT molecular complexity index is 533. The van der Waals surface area contributed by atoms with Crippen LogP contribution in [0.3, 0.4) is 0 Å². The minimum absolute atomic E-state index is 0.130. The molecule has 0 aromatic carbocycles. The van der Waals surface area contributed by atoms with Crippen LogP contribution < -0.4 is 0 Å². The Balaban J connectivity index is 3.22. The number of aromatic carboxylic acids is 1. The van der Waals surface area contributed by atoms with E-state index in [1.807, 2.05) is 13.8 Å². The molecule has 18 heavy (non-hydrogen) atoms. The molecule has 1 N–H and O–H groups in total. The van der Waals surface area contributed by atoms with Crippen LogP contribution in [0.2, 0.25) is 0 Å². The molecule has 0 aliphatic carbocycles. The Morgan fingerprint density at radius 1 is 1.39 bits per heavy atom. The molecule has 0 amide bonds. The van der Waals surface area contributed by atoms with Crippen molar-refractivity contribution in [1.29, 1.82) is 0 Å². The molecule has 102 valence electrons. The van der Waals surface area contributed by atoms with Crippen LogP contribution in [0.5, 0.6) is 0 Å². The molecule has 0 spiro atoms. The predicted octanol–water partition coefficient (Wildman–Crippen LogP) is 2.11. The van der Waals surface area contributed by atoms with E-state index in [2.05, 4.69) is 0 Å². The number of carboxylic acids is 1. The van der Waals surface area contributed by atoms with E-state index in [1.165, 1.54) is 22.8 Å². The molecular weight excluding hydrogens is 274 g/mol. The van der Waals surface area contributed by atoms with Crippen LogP contribution in [0, 0.1) is 5.92 Å². The number of sulfonamides is 1. The largest absolute Gasteiger partial charge is 0.477 e. The number of carboxylic acid groups (broad SMARTS) is 1. The Morgan fingerprint density at radius 3 is 2.39 bits per heavy atom. The molecule has 0 saturated heterocycles. The van der Waals surface area contributed by atoms with Gasteiger partial charge < -0.3 is 5.11 Å². The molecule has 0 aliphatic rings. The number of hydrogen-bond acceptors (Lipinski definition) is 4. The van der Waals surface area contributed by atoms with Crippen molar-refractivity contribution in [3.63, 3.8) is 0 Å². The lowest BCUT2D eigenvalue weighted by Crippen LogP contribution is -2.38. The molecule has 1 aromatic heterocycles. The number of nitrogens with zero attached hydrogens (tertiary/aromatic N) is 1. The van der Waals surface area contributed by atoms with Crippen molar-refractivity contribution in [2.75, 3.05) is 7.05 Å². The van der Waals surface area contributed by atoms with Crippen LogP contribution in [0.15, 0.2) is 16.3 Å². The first kappa shape index (κ1) is 15.1. The van der Waals surface area contributed by atoms with Crippen molar-refractivity contribution < 1.29 is 18.3 Å². The molecule has 0 saturated carbocycles. The summed E-state index contributed by atoms with van der Waals surface area (Å²) in [5, 5.41) is 10.5. The van der Waals surface area contributed by atoms with Crippen molar-refractivity contribution in [1.82, 2.24) is 4.31 Å². The van der Waals surface area contributed by atoms with Gasteiger partial charge in [0, 0.05) is 13.1 Å². The van der Waals surface area contributed by atoms with Gasteiger partial charge in [0.1, 0.15) is 9.77 Å². The van der Waals surface area contributed by atoms with Crippen molar-refractivity contribution in [3.05, 3.63) is 16.3 Å². The Hall–Kier alpha value is -0.920. The minimum Gasteiger partial charge on any atom is -0.477 e. The zero-order chi connectivity index (χ0) is 14.1. The SMILES string of the molecule is CC(C)C(C)N(C)S(=O)(=O)c1ccsc1C(=O)O. The molecule has 1 aromatic rings. The first-order valence-corrected chi connectivity index (χ1v) is 7.80. The van der Waals surface area contributed by atoms with E-state index in [4.69, 9.17) is 5.11 Å². The Morgan fingerprint density at radius 2 is 1.94 bits per heavy atom. The molecule has 0 bridgehead atoms. The predicted molar refractivity (Wildman–Crippen MR) is 70.5 cm³/mol. The smallest absolute Gasteiger partial charge is 0.347 e. The van der Waals surface area contributed by atoms with Gasteiger partial charge in [0.25, 0.3) is 0 Å². The molecule has 7 heteroatoms. The summed E-state index contributed by atoms with van der Waals surface area (Å²) in [4.78, 5) is 10.7. The highest BCUT2D eigenvalue weighted by Crippen LogP contribution is 2.26. The Labute approximate surface area is 111 Å². The third-order valence-electron chi connectivity index (χ3n) is 3.02. The van der Waals surface area contributed by atoms with E-state index in [1.54, 1.807) is 6.92 Å². The van der Waals surface area contributed by atoms with E-state index < -0.39 is 16.0 Å². The summed E-state index contributed by atoms with van der Waals surface area (Å²) in [6, 6.07) is 1.14. The lowest BCUT2D eigenvalue weighted by Gasteiger charge is -2.27. The van der Waals surface area contributed by atoms with Crippen LogP contribution in [-0.4, -0.2) is 36.9 Å². The van der Waals surface area contributed by atoms with Crippen molar-refractivity contribution in [2.24, 2.45) is 5.92 Å². The zero-order valence-corrected chi connectivity index (χ0v) is 12.4. The van der Waals surface area contributed by atoms with Gasteiger partial charge in [-0.05, 0) is 24.3 Å². The van der Waals surface area contributed by atoms with Crippen LogP contribution in [0.4, 0.5) is 0 Å². The maximum absolute atomic E-state index is 12.3. The van der Waals surface area contributed by atoms with Gasteiger partial charge in [-0.2, -0.15) is 4.31 Å². The van der Waals surface area contributed by atoms with Crippen LogP contribution in [-0.2, 0) is 10.0 Å².